The second-order valence-corrected chi connectivity index (χ2v) is 10.8. The number of nitrogens with zero attached hydrogens (tertiary/aromatic N) is 2. The molecule has 0 bridgehead atoms. The van der Waals surface area contributed by atoms with Crippen molar-refractivity contribution < 1.29 is 31.8 Å². The van der Waals surface area contributed by atoms with E-state index in [1.165, 1.54) is 12.1 Å². The van der Waals surface area contributed by atoms with E-state index in [0.717, 1.165) is 51.8 Å². The van der Waals surface area contributed by atoms with Gasteiger partial charge in [0.05, 0.1) is 43.9 Å². The van der Waals surface area contributed by atoms with Crippen LogP contribution in [0.1, 0.15) is 26.2 Å². The van der Waals surface area contributed by atoms with Crippen molar-refractivity contribution in [2.45, 2.75) is 26.2 Å². The molecule has 0 aliphatic carbocycles. The topological polar surface area (TPSA) is 99.2 Å². The molecule has 206 valence electrons. The van der Waals surface area contributed by atoms with Gasteiger partial charge in [0, 0.05) is 43.4 Å². The van der Waals surface area contributed by atoms with Crippen molar-refractivity contribution in [2.75, 3.05) is 57.0 Å². The number of unbranched alkanes of at least 4 members (excludes halogenated alkanes) is 1. The number of benzene rings is 2. The van der Waals surface area contributed by atoms with Crippen LogP contribution in [0.2, 0.25) is 0 Å². The summed E-state index contributed by atoms with van der Waals surface area (Å²) in [5.41, 5.74) is 0.745. The highest BCUT2D eigenvalue weighted by Crippen LogP contribution is 2.38. The Morgan fingerprint density at radius 2 is 1.87 bits per heavy atom. The molecule has 1 aliphatic rings. The van der Waals surface area contributed by atoms with Gasteiger partial charge in [-0.15, -0.1) is 0 Å². The maximum atomic E-state index is 14.8. The lowest BCUT2D eigenvalue weighted by molar-refractivity contribution is 0.0357. The number of anilines is 1. The van der Waals surface area contributed by atoms with Crippen molar-refractivity contribution in [1.82, 2.24) is 9.88 Å². The number of morpholine rings is 1. The molecule has 2 aromatic carbocycles. The van der Waals surface area contributed by atoms with E-state index in [2.05, 4.69) is 14.6 Å². The summed E-state index contributed by atoms with van der Waals surface area (Å²) in [7, 11) is -1.99. The van der Waals surface area contributed by atoms with Gasteiger partial charge in [-0.3, -0.25) is 14.6 Å². The molecule has 1 aliphatic heterocycles. The zero-order valence-corrected chi connectivity index (χ0v) is 22.6. The summed E-state index contributed by atoms with van der Waals surface area (Å²) in [5.74, 6) is 0.696. The molecular formula is C27H34FN3O6S. The lowest BCUT2D eigenvalue weighted by atomic mass is 10.1. The minimum atomic E-state index is -3.54. The van der Waals surface area contributed by atoms with Crippen LogP contribution < -0.4 is 18.9 Å². The van der Waals surface area contributed by atoms with Crippen LogP contribution in [0.3, 0.4) is 0 Å². The molecule has 0 radical (unpaired) electrons. The van der Waals surface area contributed by atoms with Gasteiger partial charge in [0.2, 0.25) is 10.0 Å². The van der Waals surface area contributed by atoms with E-state index in [4.69, 9.17) is 18.9 Å². The monoisotopic (exact) mass is 547 g/mol. The highest BCUT2D eigenvalue weighted by molar-refractivity contribution is 7.92. The fourth-order valence-corrected chi connectivity index (χ4v) is 5.37. The smallest absolute Gasteiger partial charge is 0.232 e. The van der Waals surface area contributed by atoms with Gasteiger partial charge >= 0.3 is 0 Å². The standard InChI is InChI=1S/C27H34FN3O6S/c1-3-4-16-38(32,33)30-20-6-7-25(22(28)17-20)37-24-8-9-29-23-19-27(26(34-2)18-21(23)24)36-13-5-10-31-11-14-35-15-12-31/h6-9,17-19,30H,3-5,10-16H2,1-2H3. The zero-order chi connectivity index (χ0) is 27.0. The molecule has 1 fully saturated rings. The van der Waals surface area contributed by atoms with Crippen LogP contribution in [-0.4, -0.2) is 70.6 Å². The SMILES string of the molecule is CCCCS(=O)(=O)Nc1ccc(Oc2ccnc3cc(OCCCN4CCOCC4)c(OC)cc23)c(F)c1. The lowest BCUT2D eigenvalue weighted by Gasteiger charge is -2.26. The first kappa shape index (κ1) is 27.9. The molecule has 4 rings (SSSR count). The Kier molecular flexibility index (Phi) is 9.59. The number of ether oxygens (including phenoxy) is 4. The van der Waals surface area contributed by atoms with Crippen LogP contribution in [0.5, 0.6) is 23.0 Å². The molecule has 1 aromatic heterocycles. The molecule has 0 amide bonds. The van der Waals surface area contributed by atoms with Crippen LogP contribution >= 0.6 is 0 Å². The predicted molar refractivity (Wildman–Crippen MR) is 144 cm³/mol. The normalized spacial score (nSPS) is 14.4. The van der Waals surface area contributed by atoms with E-state index < -0.39 is 15.8 Å². The Balaban J connectivity index is 1.46. The highest BCUT2D eigenvalue weighted by atomic mass is 32.2. The zero-order valence-electron chi connectivity index (χ0n) is 21.7. The van der Waals surface area contributed by atoms with Gasteiger partial charge in [-0.05, 0) is 37.1 Å². The number of pyridine rings is 1. The molecule has 0 spiro atoms. The lowest BCUT2D eigenvalue weighted by Crippen LogP contribution is -2.37. The van der Waals surface area contributed by atoms with Crippen LogP contribution in [0.4, 0.5) is 10.1 Å². The van der Waals surface area contributed by atoms with Crippen molar-refractivity contribution in [3.8, 4) is 23.0 Å². The molecule has 9 nitrogen and oxygen atoms in total. The number of halogens is 1. The number of hydrogen-bond acceptors (Lipinski definition) is 8. The molecule has 0 unspecified atom stereocenters. The second-order valence-electron chi connectivity index (χ2n) is 9.01. The van der Waals surface area contributed by atoms with Gasteiger partial charge in [-0.25, -0.2) is 12.8 Å². The first-order valence-electron chi connectivity index (χ1n) is 12.8. The van der Waals surface area contributed by atoms with Crippen LogP contribution in [-0.2, 0) is 14.8 Å². The summed E-state index contributed by atoms with van der Waals surface area (Å²) in [6.07, 6.45) is 3.70. The summed E-state index contributed by atoms with van der Waals surface area (Å²) < 4.78 is 64.3. The van der Waals surface area contributed by atoms with E-state index in [0.29, 0.717) is 41.2 Å². The fraction of sp³-hybridized carbons (Fsp3) is 0.444. The third-order valence-corrected chi connectivity index (χ3v) is 7.53. The molecule has 11 heteroatoms. The summed E-state index contributed by atoms with van der Waals surface area (Å²) in [6, 6.07) is 9.12. The Labute approximate surface area is 222 Å². The first-order valence-corrected chi connectivity index (χ1v) is 14.4. The summed E-state index contributed by atoms with van der Waals surface area (Å²) in [5, 5.41) is 0.619. The Hall–Kier alpha value is -3.15. The van der Waals surface area contributed by atoms with E-state index in [-0.39, 0.29) is 17.2 Å². The van der Waals surface area contributed by atoms with Gasteiger partial charge < -0.3 is 18.9 Å². The second kappa shape index (κ2) is 13.1. The number of hydrogen-bond donors (Lipinski definition) is 1. The molecule has 2 heterocycles. The van der Waals surface area contributed by atoms with E-state index in [9.17, 15) is 12.8 Å². The van der Waals surface area contributed by atoms with E-state index in [1.54, 1.807) is 31.5 Å². The Bertz CT molecular complexity index is 1330. The number of methoxy groups -OCH3 is 1. The summed E-state index contributed by atoms with van der Waals surface area (Å²) >= 11 is 0. The van der Waals surface area contributed by atoms with E-state index >= 15 is 0 Å². The van der Waals surface area contributed by atoms with Crippen LogP contribution in [0, 0.1) is 5.82 Å². The minimum absolute atomic E-state index is 0.0201. The number of fused-ring (bicyclic) bond motifs is 1. The molecule has 1 N–H and O–H groups in total. The van der Waals surface area contributed by atoms with Crippen molar-refractivity contribution in [3.05, 3.63) is 48.4 Å². The molecule has 3 aromatic rings. The summed E-state index contributed by atoms with van der Waals surface area (Å²) in [6.45, 7) is 6.76. The third kappa shape index (κ3) is 7.46. The van der Waals surface area contributed by atoms with Crippen LogP contribution in [0.15, 0.2) is 42.6 Å². The van der Waals surface area contributed by atoms with Gasteiger partial charge in [-0.1, -0.05) is 13.3 Å². The average Bonchev–Trinajstić information content (AvgIpc) is 2.91. The third-order valence-electron chi connectivity index (χ3n) is 6.16. The minimum Gasteiger partial charge on any atom is -0.493 e. The van der Waals surface area contributed by atoms with Crippen molar-refractivity contribution in [2.24, 2.45) is 0 Å². The van der Waals surface area contributed by atoms with Crippen molar-refractivity contribution >= 4 is 26.6 Å². The predicted octanol–water partition coefficient (Wildman–Crippen LogP) is 4.82. The largest absolute Gasteiger partial charge is 0.493 e. The maximum Gasteiger partial charge on any atom is 0.232 e. The molecule has 38 heavy (non-hydrogen) atoms. The molecule has 1 saturated heterocycles. The molecule has 0 saturated carbocycles. The van der Waals surface area contributed by atoms with Crippen molar-refractivity contribution in [3.63, 3.8) is 0 Å². The quantitative estimate of drug-likeness (QED) is 0.304. The fourth-order valence-electron chi connectivity index (χ4n) is 4.12. The van der Waals surface area contributed by atoms with Gasteiger partial charge in [0.15, 0.2) is 23.1 Å². The number of aromatic nitrogens is 1. The molecule has 0 atom stereocenters. The van der Waals surface area contributed by atoms with Crippen molar-refractivity contribution in [1.29, 1.82) is 0 Å². The number of nitrogens with one attached hydrogen (secondary N) is 1. The number of sulfonamides is 1. The van der Waals surface area contributed by atoms with E-state index in [1.807, 2.05) is 6.92 Å². The summed E-state index contributed by atoms with van der Waals surface area (Å²) in [4.78, 5) is 6.76. The maximum absolute atomic E-state index is 14.8. The van der Waals surface area contributed by atoms with Gasteiger partial charge in [0.1, 0.15) is 5.75 Å². The Morgan fingerprint density at radius 3 is 2.61 bits per heavy atom. The molecular weight excluding hydrogens is 513 g/mol. The Morgan fingerprint density at radius 1 is 1.05 bits per heavy atom. The first-order chi connectivity index (χ1) is 18.4. The average molecular weight is 548 g/mol. The van der Waals surface area contributed by atoms with Crippen LogP contribution in [0.25, 0.3) is 10.9 Å². The van der Waals surface area contributed by atoms with Gasteiger partial charge in [-0.2, -0.15) is 0 Å². The highest BCUT2D eigenvalue weighted by Gasteiger charge is 2.16. The number of rotatable bonds is 13. The van der Waals surface area contributed by atoms with Gasteiger partial charge in [0.25, 0.3) is 0 Å².